The van der Waals surface area contributed by atoms with E-state index in [1.165, 1.54) is 12.5 Å². The van der Waals surface area contributed by atoms with Gasteiger partial charge in [-0.3, -0.25) is 20.4 Å². The van der Waals surface area contributed by atoms with Crippen molar-refractivity contribution in [2.24, 2.45) is 17.3 Å². The average Bonchev–Trinajstić information content (AvgIpc) is 2.56. The maximum Gasteiger partial charge on any atom is 0.248 e. The number of carbonyl (C=O) groups is 2. The number of benzene rings is 1. The summed E-state index contributed by atoms with van der Waals surface area (Å²) >= 11 is 1.09. The van der Waals surface area contributed by atoms with Crippen LogP contribution in [0.2, 0.25) is 0 Å². The van der Waals surface area contributed by atoms with Gasteiger partial charge in [0.2, 0.25) is 11.8 Å². The number of hydrogen-bond donors (Lipinski definition) is 3. The first-order valence-electron chi connectivity index (χ1n) is 9.52. The van der Waals surface area contributed by atoms with Crippen LogP contribution in [0.15, 0.2) is 29.2 Å². The normalized spacial score (nSPS) is 33.7. The molecule has 3 N–H and O–H groups in total. The highest BCUT2D eigenvalue weighted by Gasteiger charge is 2.57. The topological polar surface area (TPSA) is 78.4 Å². The van der Waals surface area contributed by atoms with Crippen molar-refractivity contribution < 1.29 is 19.1 Å². The van der Waals surface area contributed by atoms with Gasteiger partial charge in [-0.2, -0.15) is 0 Å². The summed E-state index contributed by atoms with van der Waals surface area (Å²) in [5.74, 6) is 0.118. The first-order chi connectivity index (χ1) is 12.8. The van der Waals surface area contributed by atoms with Crippen LogP contribution >= 0.6 is 11.8 Å². The molecule has 4 atom stereocenters. The number of nitrogens with one attached hydrogen (secondary N) is 2. The molecule has 0 aromatic heterocycles. The smallest absolute Gasteiger partial charge is 0.248 e. The molecule has 0 radical (unpaired) electrons. The van der Waals surface area contributed by atoms with Gasteiger partial charge in [0.15, 0.2) is 0 Å². The van der Waals surface area contributed by atoms with E-state index in [9.17, 15) is 19.1 Å². The molecule has 4 fully saturated rings. The molecule has 0 aliphatic heterocycles. The van der Waals surface area contributed by atoms with Gasteiger partial charge in [0.05, 0.1) is 11.4 Å². The highest BCUT2D eigenvalue weighted by molar-refractivity contribution is 8.00. The summed E-state index contributed by atoms with van der Waals surface area (Å²) in [7, 11) is 0. The first-order valence-corrected chi connectivity index (χ1v) is 10.5. The third-order valence-corrected chi connectivity index (χ3v) is 7.27. The van der Waals surface area contributed by atoms with E-state index in [-0.39, 0.29) is 28.8 Å². The summed E-state index contributed by atoms with van der Waals surface area (Å²) in [5, 5.41) is 10.8. The Kier molecular flexibility index (Phi) is 4.93. The Morgan fingerprint density at radius 3 is 2.44 bits per heavy atom. The van der Waals surface area contributed by atoms with Crippen LogP contribution in [0.1, 0.15) is 44.9 Å². The fourth-order valence-corrected chi connectivity index (χ4v) is 6.61. The van der Waals surface area contributed by atoms with E-state index in [0.29, 0.717) is 29.6 Å². The number of hydrazine groups is 1. The summed E-state index contributed by atoms with van der Waals surface area (Å²) in [6, 6.07) is 6.27. The van der Waals surface area contributed by atoms with E-state index in [1.807, 2.05) is 0 Å². The molecule has 4 aliphatic rings. The van der Waals surface area contributed by atoms with E-state index in [0.717, 1.165) is 37.4 Å². The quantitative estimate of drug-likeness (QED) is 0.532. The standard InChI is InChI=1S/C20H25FN2O3S/c21-15-3-1-2-4-16(15)27-11-18(25)23-22-17(24)10-19-6-13-5-14(7-19)9-20(26,8-13)12-19/h1-4,13-14,26H,5-12H2,(H,22,24)(H,23,25)/t13-,14+,19?,20?. The van der Waals surface area contributed by atoms with Crippen LogP contribution in [0, 0.1) is 23.1 Å². The van der Waals surface area contributed by atoms with Crippen molar-refractivity contribution in [2.75, 3.05) is 5.75 Å². The summed E-state index contributed by atoms with van der Waals surface area (Å²) < 4.78 is 13.6. The molecule has 2 amide bonds. The maximum absolute atomic E-state index is 13.6. The van der Waals surface area contributed by atoms with E-state index in [1.54, 1.807) is 18.2 Å². The van der Waals surface area contributed by atoms with Gasteiger partial charge >= 0.3 is 0 Å². The minimum Gasteiger partial charge on any atom is -0.390 e. The third-order valence-electron chi connectivity index (χ3n) is 6.22. The van der Waals surface area contributed by atoms with Crippen LogP contribution in [0.25, 0.3) is 0 Å². The Morgan fingerprint density at radius 1 is 1.11 bits per heavy atom. The zero-order valence-corrected chi connectivity index (χ0v) is 16.0. The molecule has 4 aliphatic carbocycles. The molecule has 5 rings (SSSR count). The Morgan fingerprint density at radius 2 is 1.78 bits per heavy atom. The molecule has 0 saturated heterocycles. The predicted octanol–water partition coefficient (Wildman–Crippen LogP) is 2.79. The van der Waals surface area contributed by atoms with Crippen LogP contribution in [0.5, 0.6) is 0 Å². The summed E-state index contributed by atoms with van der Waals surface area (Å²) in [5.41, 5.74) is 4.19. The molecule has 4 saturated carbocycles. The fraction of sp³-hybridized carbons (Fsp3) is 0.600. The van der Waals surface area contributed by atoms with Crippen LogP contribution in [0.4, 0.5) is 4.39 Å². The molecule has 146 valence electrons. The zero-order valence-electron chi connectivity index (χ0n) is 15.2. The van der Waals surface area contributed by atoms with Crippen molar-refractivity contribution in [2.45, 2.75) is 55.4 Å². The van der Waals surface area contributed by atoms with Gasteiger partial charge in [-0.15, -0.1) is 11.8 Å². The second-order valence-corrected chi connectivity index (χ2v) is 9.69. The molecular weight excluding hydrogens is 367 g/mol. The van der Waals surface area contributed by atoms with Gasteiger partial charge in [-0.1, -0.05) is 12.1 Å². The summed E-state index contributed by atoms with van der Waals surface area (Å²) in [6.07, 6.45) is 5.94. The number of carbonyl (C=O) groups excluding carboxylic acids is 2. The first kappa shape index (κ1) is 18.7. The van der Waals surface area contributed by atoms with Crippen molar-refractivity contribution in [1.29, 1.82) is 0 Å². The molecule has 7 heteroatoms. The van der Waals surface area contributed by atoms with Crippen molar-refractivity contribution in [3.05, 3.63) is 30.1 Å². The fourth-order valence-electron chi connectivity index (χ4n) is 5.87. The monoisotopic (exact) mass is 392 g/mol. The number of thioether (sulfide) groups is 1. The molecular formula is C20H25FN2O3S. The number of amides is 2. The minimum atomic E-state index is -0.593. The van der Waals surface area contributed by atoms with Crippen LogP contribution in [-0.4, -0.2) is 28.3 Å². The highest BCUT2D eigenvalue weighted by Crippen LogP contribution is 2.62. The van der Waals surface area contributed by atoms with Gasteiger partial charge in [0.1, 0.15) is 5.82 Å². The number of hydrogen-bond acceptors (Lipinski definition) is 4. The summed E-state index contributed by atoms with van der Waals surface area (Å²) in [4.78, 5) is 24.7. The van der Waals surface area contributed by atoms with Gasteiger partial charge in [-0.25, -0.2) is 4.39 Å². The third kappa shape index (κ3) is 4.14. The lowest BCUT2D eigenvalue weighted by molar-refractivity contribution is -0.169. The van der Waals surface area contributed by atoms with Gasteiger partial charge in [0.25, 0.3) is 0 Å². The molecule has 2 unspecified atom stereocenters. The molecule has 5 nitrogen and oxygen atoms in total. The Balaban J connectivity index is 1.25. The van der Waals surface area contributed by atoms with E-state index in [2.05, 4.69) is 10.9 Å². The van der Waals surface area contributed by atoms with E-state index < -0.39 is 5.60 Å². The number of rotatable bonds is 5. The molecule has 4 bridgehead atoms. The van der Waals surface area contributed by atoms with E-state index >= 15 is 0 Å². The summed E-state index contributed by atoms with van der Waals surface area (Å²) in [6.45, 7) is 0. The van der Waals surface area contributed by atoms with Crippen molar-refractivity contribution in [3.8, 4) is 0 Å². The second-order valence-electron chi connectivity index (χ2n) is 8.68. The van der Waals surface area contributed by atoms with Gasteiger partial charge < -0.3 is 5.11 Å². The Hall–Kier alpha value is -1.60. The molecule has 1 aromatic carbocycles. The Labute approximate surface area is 162 Å². The van der Waals surface area contributed by atoms with Crippen LogP contribution in [0.3, 0.4) is 0 Å². The number of aliphatic hydroxyl groups is 1. The van der Waals surface area contributed by atoms with E-state index in [4.69, 9.17) is 0 Å². The zero-order chi connectivity index (χ0) is 19.1. The maximum atomic E-state index is 13.6. The lowest BCUT2D eigenvalue weighted by Gasteiger charge is -2.60. The molecule has 0 heterocycles. The largest absolute Gasteiger partial charge is 0.390 e. The highest BCUT2D eigenvalue weighted by atomic mass is 32.2. The van der Waals surface area contributed by atoms with Gasteiger partial charge in [0, 0.05) is 11.3 Å². The lowest BCUT2D eigenvalue weighted by Crippen LogP contribution is -2.57. The molecule has 27 heavy (non-hydrogen) atoms. The second kappa shape index (κ2) is 7.09. The lowest BCUT2D eigenvalue weighted by atomic mass is 9.47. The van der Waals surface area contributed by atoms with Crippen LogP contribution in [-0.2, 0) is 9.59 Å². The van der Waals surface area contributed by atoms with Crippen molar-refractivity contribution >= 4 is 23.6 Å². The average molecular weight is 392 g/mol. The Bertz CT molecular complexity index is 742. The molecule has 0 spiro atoms. The number of halogens is 1. The van der Waals surface area contributed by atoms with Gasteiger partial charge in [-0.05, 0) is 67.9 Å². The predicted molar refractivity (Wildman–Crippen MR) is 100 cm³/mol. The van der Waals surface area contributed by atoms with Crippen LogP contribution < -0.4 is 10.9 Å². The van der Waals surface area contributed by atoms with Crippen molar-refractivity contribution in [3.63, 3.8) is 0 Å². The van der Waals surface area contributed by atoms with Crippen molar-refractivity contribution in [1.82, 2.24) is 10.9 Å². The minimum absolute atomic E-state index is 0.0241. The SMILES string of the molecule is O=C(CSc1ccccc1F)NNC(=O)CC12C[C@@H]3C[C@@H](CC(O)(C3)C1)C2. The molecule has 1 aromatic rings.